The Morgan fingerprint density at radius 3 is 2.44 bits per heavy atom. The van der Waals surface area contributed by atoms with Gasteiger partial charge in [0.05, 0.1) is 24.7 Å². The van der Waals surface area contributed by atoms with Gasteiger partial charge in [-0.2, -0.15) is 0 Å². The van der Waals surface area contributed by atoms with Crippen LogP contribution in [0.1, 0.15) is 30.5 Å². The van der Waals surface area contributed by atoms with Crippen molar-refractivity contribution in [3.63, 3.8) is 0 Å². The monoisotopic (exact) mass is 364 g/mol. The van der Waals surface area contributed by atoms with Gasteiger partial charge >= 0.3 is 0 Å². The maximum Gasteiger partial charge on any atom is 0.237 e. The first-order chi connectivity index (χ1) is 12.9. The molecular weight excluding hydrogens is 344 g/mol. The van der Waals surface area contributed by atoms with Gasteiger partial charge in [0.1, 0.15) is 0 Å². The molecule has 0 spiro atoms. The van der Waals surface area contributed by atoms with E-state index in [0.29, 0.717) is 24.3 Å². The lowest BCUT2D eigenvalue weighted by atomic mass is 9.86. The van der Waals surface area contributed by atoms with Crippen molar-refractivity contribution in [1.82, 2.24) is 4.98 Å². The highest BCUT2D eigenvalue weighted by Gasteiger charge is 2.48. The van der Waals surface area contributed by atoms with Crippen molar-refractivity contribution in [1.29, 1.82) is 10.8 Å². The normalized spacial score (nSPS) is 18.0. The topological polar surface area (TPSA) is 99.4 Å². The highest BCUT2D eigenvalue weighted by molar-refractivity contribution is 6.10. The van der Waals surface area contributed by atoms with Crippen LogP contribution >= 0.6 is 0 Å². The third kappa shape index (κ3) is 2.80. The molecule has 7 heteroatoms. The molecule has 0 unspecified atom stereocenters. The number of amides is 1. The molecule has 2 aliphatic rings. The second kappa shape index (κ2) is 6.28. The fourth-order valence-electron chi connectivity index (χ4n) is 3.38. The summed E-state index contributed by atoms with van der Waals surface area (Å²) >= 11 is 0. The fourth-order valence-corrected chi connectivity index (χ4v) is 3.38. The van der Waals surface area contributed by atoms with Crippen molar-refractivity contribution in [2.24, 2.45) is 0 Å². The summed E-state index contributed by atoms with van der Waals surface area (Å²) in [5.74, 6) is -0.218. The molecule has 0 saturated carbocycles. The van der Waals surface area contributed by atoms with Crippen LogP contribution in [-0.4, -0.2) is 41.9 Å². The molecule has 4 rings (SSSR count). The quantitative estimate of drug-likeness (QED) is 0.645. The van der Waals surface area contributed by atoms with E-state index < -0.39 is 5.41 Å². The second-order valence-electron chi connectivity index (χ2n) is 7.22. The maximum absolute atomic E-state index is 12.9. The molecule has 0 aliphatic carbocycles. The van der Waals surface area contributed by atoms with Crippen molar-refractivity contribution in [3.05, 3.63) is 59.4 Å². The van der Waals surface area contributed by atoms with Crippen molar-refractivity contribution in [2.75, 3.05) is 18.1 Å². The van der Waals surface area contributed by atoms with Crippen molar-refractivity contribution in [3.8, 4) is 0 Å². The van der Waals surface area contributed by atoms with E-state index in [9.17, 15) is 4.79 Å². The van der Waals surface area contributed by atoms with Crippen LogP contribution in [0.4, 0.5) is 5.69 Å². The summed E-state index contributed by atoms with van der Waals surface area (Å²) in [4.78, 5) is 18.6. The zero-order chi connectivity index (χ0) is 19.2. The van der Waals surface area contributed by atoms with E-state index in [2.05, 4.69) is 4.98 Å². The van der Waals surface area contributed by atoms with Crippen molar-refractivity contribution < 1.29 is 14.3 Å². The van der Waals surface area contributed by atoms with Gasteiger partial charge in [0.2, 0.25) is 17.7 Å². The van der Waals surface area contributed by atoms with Gasteiger partial charge in [-0.15, -0.1) is 0 Å². The van der Waals surface area contributed by atoms with E-state index in [0.717, 1.165) is 11.3 Å². The number of aromatic nitrogens is 1. The molecule has 2 N–H and O–H groups in total. The number of carbonyl (C=O) groups excluding carboxylic acids is 1. The molecule has 138 valence electrons. The number of hydrogen-bond donors (Lipinski definition) is 2. The number of fused-ring (bicyclic) bond motifs is 1. The van der Waals surface area contributed by atoms with Crippen LogP contribution in [0, 0.1) is 10.8 Å². The molecule has 2 aliphatic heterocycles. The molecule has 1 amide bonds. The summed E-state index contributed by atoms with van der Waals surface area (Å²) in [5.41, 5.74) is 2.17. The fraction of sp³-hybridized carbons (Fsp3) is 0.300. The molecule has 27 heavy (non-hydrogen) atoms. The molecule has 0 atom stereocenters. The number of carbonyl (C=O) groups is 1. The lowest BCUT2D eigenvalue weighted by Crippen LogP contribution is -2.52. The molecule has 2 aromatic rings. The number of anilines is 1. The molecule has 3 heterocycles. The van der Waals surface area contributed by atoms with Gasteiger partial charge in [0.15, 0.2) is 0 Å². The molecule has 1 aromatic carbocycles. The zero-order valence-corrected chi connectivity index (χ0v) is 15.2. The molecule has 1 saturated heterocycles. The number of pyridine rings is 1. The lowest BCUT2D eigenvalue weighted by Gasteiger charge is -2.35. The van der Waals surface area contributed by atoms with Gasteiger partial charge < -0.3 is 14.4 Å². The highest BCUT2D eigenvalue weighted by Crippen LogP contribution is 2.43. The van der Waals surface area contributed by atoms with Crippen LogP contribution in [0.2, 0.25) is 0 Å². The van der Waals surface area contributed by atoms with E-state index >= 15 is 0 Å². The molecule has 0 bridgehead atoms. The Bertz CT molecular complexity index is 935. The third-order valence-corrected chi connectivity index (χ3v) is 5.08. The van der Waals surface area contributed by atoms with Gasteiger partial charge in [-0.25, -0.2) is 0 Å². The first-order valence-electron chi connectivity index (χ1n) is 8.71. The predicted octanol–water partition coefficient (Wildman–Crippen LogP) is 2.47. The number of nitrogens with zero attached hydrogens (tertiary/aromatic N) is 2. The molecular formula is C20H20N4O3. The smallest absolute Gasteiger partial charge is 0.237 e. The first kappa shape index (κ1) is 17.4. The minimum Gasteiger partial charge on any atom is -0.421 e. The van der Waals surface area contributed by atoms with E-state index in [4.69, 9.17) is 20.3 Å². The van der Waals surface area contributed by atoms with Crippen LogP contribution in [-0.2, 0) is 19.7 Å². The number of ether oxygens (including phenoxy) is 2. The number of hydrogen-bond acceptors (Lipinski definition) is 6. The summed E-state index contributed by atoms with van der Waals surface area (Å²) in [6.45, 7) is 4.86. The summed E-state index contributed by atoms with van der Waals surface area (Å²) in [6, 6.07) is 8.75. The third-order valence-electron chi connectivity index (χ3n) is 5.08. The van der Waals surface area contributed by atoms with Gasteiger partial charge in [0, 0.05) is 29.2 Å². The lowest BCUT2D eigenvalue weighted by molar-refractivity contribution is -0.124. The van der Waals surface area contributed by atoms with E-state index in [1.54, 1.807) is 41.6 Å². The summed E-state index contributed by atoms with van der Waals surface area (Å²) in [6.07, 6.45) is 3.14. The Morgan fingerprint density at radius 2 is 1.81 bits per heavy atom. The number of benzene rings is 1. The van der Waals surface area contributed by atoms with E-state index in [-0.39, 0.29) is 23.7 Å². The average Bonchev–Trinajstić information content (AvgIpc) is 2.82. The van der Waals surface area contributed by atoms with Crippen LogP contribution in [0.3, 0.4) is 0 Å². The van der Waals surface area contributed by atoms with Crippen LogP contribution in [0.15, 0.2) is 42.7 Å². The van der Waals surface area contributed by atoms with Gasteiger partial charge in [-0.1, -0.05) is 6.07 Å². The molecule has 7 nitrogen and oxygen atoms in total. The minimum atomic E-state index is -0.615. The molecule has 0 radical (unpaired) electrons. The Kier molecular flexibility index (Phi) is 4.04. The predicted molar refractivity (Wildman–Crippen MR) is 101 cm³/mol. The van der Waals surface area contributed by atoms with Crippen LogP contribution < -0.4 is 4.90 Å². The summed E-state index contributed by atoms with van der Waals surface area (Å²) in [7, 11) is 0. The number of rotatable bonds is 3. The largest absolute Gasteiger partial charge is 0.421 e. The zero-order valence-electron chi connectivity index (χ0n) is 15.2. The van der Waals surface area contributed by atoms with Crippen LogP contribution in [0.5, 0.6) is 0 Å². The van der Waals surface area contributed by atoms with Crippen LogP contribution in [0.25, 0.3) is 0 Å². The Hall–Kier alpha value is -3.06. The highest BCUT2D eigenvalue weighted by atomic mass is 16.5. The standard InChI is InChI=1S/C20H20N4O3/c1-20(2)15-4-3-13(9-16(15)24(19(20)25)14-10-26-11-14)18(22)27-17(21)12-5-7-23-8-6-12/h3-9,14,21-22H,10-11H2,1-2H3. The number of nitrogens with one attached hydrogen (secondary N) is 2. The van der Waals surface area contributed by atoms with E-state index in [1.165, 1.54) is 0 Å². The maximum atomic E-state index is 12.9. The van der Waals surface area contributed by atoms with Crippen molar-refractivity contribution >= 4 is 23.4 Å². The molecule has 1 fully saturated rings. The Balaban J connectivity index is 1.62. The van der Waals surface area contributed by atoms with Crippen molar-refractivity contribution in [2.45, 2.75) is 25.3 Å². The summed E-state index contributed by atoms with van der Waals surface area (Å²) in [5, 5.41) is 16.3. The van der Waals surface area contributed by atoms with Gasteiger partial charge in [-0.3, -0.25) is 20.6 Å². The summed E-state index contributed by atoms with van der Waals surface area (Å²) < 4.78 is 10.7. The second-order valence-corrected chi connectivity index (χ2v) is 7.22. The minimum absolute atomic E-state index is 0.0264. The molecule has 1 aromatic heterocycles. The Labute approximate surface area is 157 Å². The average molecular weight is 364 g/mol. The van der Waals surface area contributed by atoms with E-state index in [1.807, 2.05) is 19.9 Å². The van der Waals surface area contributed by atoms with Gasteiger partial charge in [0.25, 0.3) is 0 Å². The SMILES string of the molecule is CC1(C)C(=O)N(C2COC2)c2cc(C(=N)OC(=N)c3ccncc3)ccc21. The van der Waals surface area contributed by atoms with Gasteiger partial charge in [-0.05, 0) is 43.7 Å². The Morgan fingerprint density at radius 1 is 1.15 bits per heavy atom. The first-order valence-corrected chi connectivity index (χ1v) is 8.71.